The van der Waals surface area contributed by atoms with E-state index in [4.69, 9.17) is 10.3 Å². The van der Waals surface area contributed by atoms with Crippen LogP contribution in [-0.4, -0.2) is 11.2 Å². The Kier molecular flexibility index (Phi) is 1.37. The molecule has 1 saturated carbocycles. The number of aromatic nitrogens is 1. The van der Waals surface area contributed by atoms with Crippen molar-refractivity contribution in [3.63, 3.8) is 0 Å². The molecule has 0 bridgehead atoms. The van der Waals surface area contributed by atoms with Crippen LogP contribution >= 0.6 is 0 Å². The van der Waals surface area contributed by atoms with Crippen molar-refractivity contribution in [3.8, 4) is 0 Å². The number of nitrogens with zero attached hydrogens (tertiary/aromatic N) is 1. The average molecular weight is 166 g/mol. The van der Waals surface area contributed by atoms with Crippen molar-refractivity contribution in [3.05, 3.63) is 17.5 Å². The zero-order valence-corrected chi connectivity index (χ0v) is 7.66. The Balaban J connectivity index is 2.24. The van der Waals surface area contributed by atoms with Gasteiger partial charge in [0.15, 0.2) is 0 Å². The molecule has 2 N–H and O–H groups in total. The highest BCUT2D eigenvalue weighted by atomic mass is 16.5. The molecule has 0 aromatic carbocycles. The van der Waals surface area contributed by atoms with Crippen LogP contribution in [-0.2, 0) is 0 Å². The summed E-state index contributed by atoms with van der Waals surface area (Å²) in [5.41, 5.74) is 7.01. The monoisotopic (exact) mass is 166 g/mol. The molecule has 0 aliphatic heterocycles. The lowest BCUT2D eigenvalue weighted by Gasteiger charge is -1.96. The van der Waals surface area contributed by atoms with Crippen molar-refractivity contribution in [2.45, 2.75) is 32.7 Å². The molecule has 1 aliphatic rings. The first-order chi connectivity index (χ1) is 5.53. The average Bonchev–Trinajstić information content (AvgIpc) is 2.38. The molecule has 1 aliphatic carbocycles. The lowest BCUT2D eigenvalue weighted by atomic mass is 10.1. The molecule has 0 spiro atoms. The Hall–Kier alpha value is -0.830. The summed E-state index contributed by atoms with van der Waals surface area (Å²) in [7, 11) is 0. The molecule has 3 heteroatoms. The van der Waals surface area contributed by atoms with Gasteiger partial charge in [-0.2, -0.15) is 0 Å². The fraction of sp³-hybridized carbons (Fsp3) is 0.667. The van der Waals surface area contributed by atoms with Gasteiger partial charge in [-0.15, -0.1) is 0 Å². The summed E-state index contributed by atoms with van der Waals surface area (Å²) in [4.78, 5) is 0. The van der Waals surface area contributed by atoms with E-state index < -0.39 is 0 Å². The predicted molar refractivity (Wildman–Crippen MR) is 45.7 cm³/mol. The summed E-state index contributed by atoms with van der Waals surface area (Å²) >= 11 is 0. The standard InChI is InChI=1S/C9H14N2O/c1-5-4-6(12-11-5)7-8(10)9(7,2)3/h4,7-8H,10H2,1-3H3/t7-,8-/m0/s1. The van der Waals surface area contributed by atoms with Gasteiger partial charge < -0.3 is 10.3 Å². The zero-order chi connectivity index (χ0) is 8.93. The minimum absolute atomic E-state index is 0.186. The first-order valence-electron chi connectivity index (χ1n) is 4.22. The van der Waals surface area contributed by atoms with Crippen LogP contribution in [0.3, 0.4) is 0 Å². The van der Waals surface area contributed by atoms with Gasteiger partial charge in [-0.05, 0) is 12.3 Å². The highest BCUT2D eigenvalue weighted by Gasteiger charge is 2.58. The van der Waals surface area contributed by atoms with Gasteiger partial charge in [0.25, 0.3) is 0 Å². The molecular weight excluding hydrogens is 152 g/mol. The minimum Gasteiger partial charge on any atom is -0.361 e. The van der Waals surface area contributed by atoms with Gasteiger partial charge in [-0.25, -0.2) is 0 Å². The van der Waals surface area contributed by atoms with Gasteiger partial charge in [0, 0.05) is 18.0 Å². The van der Waals surface area contributed by atoms with Gasteiger partial charge in [0.2, 0.25) is 0 Å². The maximum atomic E-state index is 5.90. The van der Waals surface area contributed by atoms with E-state index >= 15 is 0 Å². The molecule has 1 fully saturated rings. The van der Waals surface area contributed by atoms with Crippen molar-refractivity contribution in [2.75, 3.05) is 0 Å². The fourth-order valence-corrected chi connectivity index (χ4v) is 1.75. The lowest BCUT2D eigenvalue weighted by molar-refractivity contribution is 0.370. The van der Waals surface area contributed by atoms with Crippen LogP contribution in [0, 0.1) is 12.3 Å². The Labute approximate surface area is 71.9 Å². The molecule has 12 heavy (non-hydrogen) atoms. The summed E-state index contributed by atoms with van der Waals surface area (Å²) in [6.07, 6.45) is 0. The number of nitrogens with two attached hydrogens (primary N) is 1. The van der Waals surface area contributed by atoms with E-state index in [-0.39, 0.29) is 11.5 Å². The smallest absolute Gasteiger partial charge is 0.142 e. The quantitative estimate of drug-likeness (QED) is 0.686. The van der Waals surface area contributed by atoms with E-state index in [1.54, 1.807) is 0 Å². The van der Waals surface area contributed by atoms with E-state index in [1.165, 1.54) is 0 Å². The second-order valence-electron chi connectivity index (χ2n) is 4.20. The molecule has 2 atom stereocenters. The van der Waals surface area contributed by atoms with Gasteiger partial charge in [-0.1, -0.05) is 19.0 Å². The Morgan fingerprint density at radius 2 is 2.17 bits per heavy atom. The van der Waals surface area contributed by atoms with Gasteiger partial charge >= 0.3 is 0 Å². The minimum atomic E-state index is 0.186. The first kappa shape index (κ1) is 7.80. The van der Waals surface area contributed by atoms with Crippen LogP contribution in [0.4, 0.5) is 0 Å². The van der Waals surface area contributed by atoms with E-state index in [0.29, 0.717) is 5.92 Å². The predicted octanol–water partition coefficient (Wildman–Crippen LogP) is 1.43. The van der Waals surface area contributed by atoms with E-state index in [9.17, 15) is 0 Å². The number of hydrogen-bond donors (Lipinski definition) is 1. The van der Waals surface area contributed by atoms with Crippen LogP contribution in [0.15, 0.2) is 10.6 Å². The van der Waals surface area contributed by atoms with Crippen molar-refractivity contribution in [2.24, 2.45) is 11.1 Å². The molecule has 66 valence electrons. The number of hydrogen-bond acceptors (Lipinski definition) is 3. The first-order valence-corrected chi connectivity index (χ1v) is 4.22. The molecule has 0 saturated heterocycles. The van der Waals surface area contributed by atoms with Gasteiger partial charge in [0.05, 0.1) is 5.69 Å². The summed E-state index contributed by atoms with van der Waals surface area (Å²) in [6.45, 7) is 6.23. The third-order valence-corrected chi connectivity index (χ3v) is 2.86. The molecule has 3 nitrogen and oxygen atoms in total. The van der Waals surface area contributed by atoms with Crippen molar-refractivity contribution in [1.82, 2.24) is 5.16 Å². The third kappa shape index (κ3) is 0.894. The van der Waals surface area contributed by atoms with Crippen LogP contribution in [0.1, 0.15) is 31.2 Å². The molecular formula is C9H14N2O. The number of aryl methyl sites for hydroxylation is 1. The van der Waals surface area contributed by atoms with Crippen molar-refractivity contribution in [1.29, 1.82) is 0 Å². The van der Waals surface area contributed by atoms with E-state index in [1.807, 2.05) is 13.0 Å². The Morgan fingerprint density at radius 1 is 1.58 bits per heavy atom. The van der Waals surface area contributed by atoms with Crippen molar-refractivity contribution >= 4 is 0 Å². The lowest BCUT2D eigenvalue weighted by Crippen LogP contribution is -2.06. The molecule has 1 heterocycles. The molecule has 0 unspecified atom stereocenters. The highest BCUT2D eigenvalue weighted by molar-refractivity contribution is 5.27. The summed E-state index contributed by atoms with van der Waals surface area (Å²) in [6, 6.07) is 2.20. The van der Waals surface area contributed by atoms with Gasteiger partial charge in [0.1, 0.15) is 5.76 Å². The normalized spacial score (nSPS) is 32.0. The van der Waals surface area contributed by atoms with Crippen LogP contribution in [0.25, 0.3) is 0 Å². The Bertz CT molecular complexity index is 303. The topological polar surface area (TPSA) is 52.0 Å². The van der Waals surface area contributed by atoms with Crippen LogP contribution in [0.5, 0.6) is 0 Å². The number of rotatable bonds is 1. The fourth-order valence-electron chi connectivity index (χ4n) is 1.75. The van der Waals surface area contributed by atoms with Crippen LogP contribution in [0.2, 0.25) is 0 Å². The van der Waals surface area contributed by atoms with Gasteiger partial charge in [-0.3, -0.25) is 0 Å². The van der Waals surface area contributed by atoms with E-state index in [2.05, 4.69) is 19.0 Å². The molecule has 0 amide bonds. The summed E-state index contributed by atoms with van der Waals surface area (Å²) in [5.74, 6) is 1.30. The second kappa shape index (κ2) is 2.10. The van der Waals surface area contributed by atoms with Crippen molar-refractivity contribution < 1.29 is 4.52 Å². The molecule has 2 rings (SSSR count). The second-order valence-corrected chi connectivity index (χ2v) is 4.20. The zero-order valence-electron chi connectivity index (χ0n) is 7.66. The summed E-state index contributed by atoms with van der Waals surface area (Å²) in [5, 5.41) is 3.85. The largest absolute Gasteiger partial charge is 0.361 e. The molecule has 1 aromatic rings. The summed E-state index contributed by atoms with van der Waals surface area (Å²) < 4.78 is 5.16. The third-order valence-electron chi connectivity index (χ3n) is 2.86. The molecule has 0 radical (unpaired) electrons. The Morgan fingerprint density at radius 3 is 2.50 bits per heavy atom. The maximum absolute atomic E-state index is 5.90. The van der Waals surface area contributed by atoms with Crippen LogP contribution < -0.4 is 5.73 Å². The molecule has 1 aromatic heterocycles. The van der Waals surface area contributed by atoms with E-state index in [0.717, 1.165) is 11.5 Å². The highest BCUT2D eigenvalue weighted by Crippen LogP contribution is 2.57. The SMILES string of the molecule is Cc1cc([C@H]2[C@H](N)C2(C)C)on1. The maximum Gasteiger partial charge on any atom is 0.142 e.